The van der Waals surface area contributed by atoms with Gasteiger partial charge in [0.1, 0.15) is 18.4 Å². The normalized spacial score (nSPS) is 11.2. The minimum absolute atomic E-state index is 0.0151. The number of nitrogens with zero attached hydrogens (tertiary/aromatic N) is 4. The number of nitrogens with one attached hydrogen (secondary N) is 1. The number of rotatable bonds is 10. The number of allylic oxidation sites excluding steroid dienone is 1. The number of anilines is 2. The molecule has 0 aliphatic rings. The summed E-state index contributed by atoms with van der Waals surface area (Å²) in [5.74, 6) is 0.544. The van der Waals surface area contributed by atoms with E-state index in [1.54, 1.807) is 30.6 Å². The second-order valence-electron chi connectivity index (χ2n) is 9.14. The summed E-state index contributed by atoms with van der Waals surface area (Å²) in [6.07, 6.45) is 6.99. The summed E-state index contributed by atoms with van der Waals surface area (Å²) in [6.45, 7) is 2.95. The van der Waals surface area contributed by atoms with Crippen LogP contribution in [0.2, 0.25) is 5.02 Å². The van der Waals surface area contributed by atoms with Gasteiger partial charge in [-0.3, -0.25) is 14.8 Å². The molecule has 2 heterocycles. The van der Waals surface area contributed by atoms with Crippen molar-refractivity contribution < 1.29 is 9.53 Å². The maximum atomic E-state index is 12.6. The first-order valence-corrected chi connectivity index (χ1v) is 12.5. The van der Waals surface area contributed by atoms with E-state index in [2.05, 4.69) is 21.4 Å². The number of nitriles is 1. The number of aromatic nitrogens is 2. The fourth-order valence-electron chi connectivity index (χ4n) is 3.91. The molecule has 4 rings (SSSR count). The number of ketones is 1. The second-order valence-corrected chi connectivity index (χ2v) is 9.55. The van der Waals surface area contributed by atoms with E-state index in [9.17, 15) is 10.1 Å². The highest BCUT2D eigenvalue weighted by atomic mass is 35.5. The Labute approximate surface area is 227 Å². The molecule has 0 saturated carbocycles. The van der Waals surface area contributed by atoms with Gasteiger partial charge in [-0.05, 0) is 80.7 Å². The first-order chi connectivity index (χ1) is 18.3. The highest BCUT2D eigenvalue weighted by Gasteiger charge is 2.14. The van der Waals surface area contributed by atoms with E-state index in [1.807, 2.05) is 68.4 Å². The molecule has 0 saturated heterocycles. The number of pyridine rings is 2. The molecule has 0 fully saturated rings. The third kappa shape index (κ3) is 6.74. The van der Waals surface area contributed by atoms with Gasteiger partial charge in [0, 0.05) is 36.4 Å². The highest BCUT2D eigenvalue weighted by Crippen LogP contribution is 2.34. The molecule has 0 aliphatic heterocycles. The summed E-state index contributed by atoms with van der Waals surface area (Å²) in [4.78, 5) is 23.3. The molecule has 8 heteroatoms. The Hall–Kier alpha value is -4.25. The van der Waals surface area contributed by atoms with E-state index in [1.165, 1.54) is 0 Å². The summed E-state index contributed by atoms with van der Waals surface area (Å²) in [5, 5.41) is 14.3. The molecule has 0 radical (unpaired) electrons. The molecule has 1 N–H and O–H groups in total. The average Bonchev–Trinajstić information content (AvgIpc) is 2.89. The number of benzene rings is 2. The Morgan fingerprint density at radius 2 is 2.03 bits per heavy atom. The third-order valence-electron chi connectivity index (χ3n) is 5.89. The summed E-state index contributed by atoms with van der Waals surface area (Å²) < 4.78 is 5.83. The average molecular weight is 526 g/mol. The molecule has 38 heavy (non-hydrogen) atoms. The van der Waals surface area contributed by atoms with Crippen LogP contribution in [0, 0.1) is 18.3 Å². The molecule has 0 aliphatic carbocycles. The quantitative estimate of drug-likeness (QED) is 0.253. The van der Waals surface area contributed by atoms with Crippen molar-refractivity contribution in [1.29, 1.82) is 5.26 Å². The highest BCUT2D eigenvalue weighted by molar-refractivity contribution is 6.32. The van der Waals surface area contributed by atoms with Crippen molar-refractivity contribution >= 4 is 39.7 Å². The van der Waals surface area contributed by atoms with E-state index in [0.717, 1.165) is 27.7 Å². The maximum Gasteiger partial charge on any atom is 0.159 e. The van der Waals surface area contributed by atoms with Gasteiger partial charge in [-0.2, -0.15) is 5.26 Å². The zero-order valence-corrected chi connectivity index (χ0v) is 22.3. The second kappa shape index (κ2) is 12.3. The summed E-state index contributed by atoms with van der Waals surface area (Å²) in [5.41, 5.74) is 5.05. The lowest BCUT2D eigenvalue weighted by atomic mass is 9.98. The third-order valence-corrected chi connectivity index (χ3v) is 6.18. The molecule has 0 bridgehead atoms. The molecule has 0 amide bonds. The Morgan fingerprint density at radius 3 is 2.74 bits per heavy atom. The van der Waals surface area contributed by atoms with Gasteiger partial charge in [0.2, 0.25) is 0 Å². The molecule has 4 aromatic rings. The van der Waals surface area contributed by atoms with Gasteiger partial charge < -0.3 is 15.0 Å². The van der Waals surface area contributed by atoms with Crippen molar-refractivity contribution in [2.75, 3.05) is 26.0 Å². The van der Waals surface area contributed by atoms with E-state index in [0.29, 0.717) is 40.9 Å². The molecule has 0 atom stereocenters. The van der Waals surface area contributed by atoms with Gasteiger partial charge >= 0.3 is 0 Å². The van der Waals surface area contributed by atoms with Crippen molar-refractivity contribution in [3.05, 3.63) is 100 Å². The van der Waals surface area contributed by atoms with Crippen molar-refractivity contribution in [3.8, 4) is 11.8 Å². The summed E-state index contributed by atoms with van der Waals surface area (Å²) >= 11 is 6.51. The lowest BCUT2D eigenvalue weighted by molar-refractivity contribution is -0.114. The number of carbonyl (C=O) groups is 1. The fourth-order valence-corrected chi connectivity index (χ4v) is 4.15. The molecule has 192 valence electrons. The first-order valence-electron chi connectivity index (χ1n) is 12.1. The largest absolute Gasteiger partial charge is 0.486 e. The molecule has 7 nitrogen and oxygen atoms in total. The Bertz CT molecular complexity index is 1530. The molecule has 0 spiro atoms. The molecule has 2 aromatic carbocycles. The molecule has 2 aromatic heterocycles. The van der Waals surface area contributed by atoms with Crippen molar-refractivity contribution in [3.63, 3.8) is 0 Å². The number of fused-ring (bicyclic) bond motifs is 1. The number of halogens is 1. The minimum atomic E-state index is 0.0151. The van der Waals surface area contributed by atoms with Crippen LogP contribution in [0.1, 0.15) is 22.4 Å². The number of carbonyl (C=O) groups excluding carboxylic acids is 1. The first kappa shape index (κ1) is 26.8. The zero-order valence-electron chi connectivity index (χ0n) is 21.5. The van der Waals surface area contributed by atoms with Crippen LogP contribution in [0.3, 0.4) is 0 Å². The number of likely N-dealkylation sites (N-methyl/N-ethyl adjacent to an activating group) is 1. The summed E-state index contributed by atoms with van der Waals surface area (Å²) in [6, 6.07) is 17.1. The van der Waals surface area contributed by atoms with E-state index < -0.39 is 0 Å². The standard InChI is InChI=1S/C30H28ClN5O2/c1-20-13-28-26(15-21(20)14-25(37)8-6-12-36(2)3)30(22(17-32)18-34-28)35-23-9-10-29(27(31)16-23)38-19-24-7-4-5-11-33-24/h4-11,13,15-16,18H,12,14,19H2,1-3H3,(H,34,35)/b8-6+. The molecule has 0 unspecified atom stereocenters. The van der Waals surface area contributed by atoms with E-state index >= 15 is 0 Å². The van der Waals surface area contributed by atoms with Gasteiger partial charge in [0.15, 0.2) is 5.78 Å². The lowest BCUT2D eigenvalue weighted by Gasteiger charge is -2.15. The van der Waals surface area contributed by atoms with Crippen molar-refractivity contribution in [1.82, 2.24) is 14.9 Å². The maximum absolute atomic E-state index is 12.6. The van der Waals surface area contributed by atoms with Gasteiger partial charge in [0.25, 0.3) is 0 Å². The van der Waals surface area contributed by atoms with E-state index in [-0.39, 0.29) is 12.2 Å². The smallest absolute Gasteiger partial charge is 0.159 e. The fraction of sp³-hybridized carbons (Fsp3) is 0.200. The van der Waals surface area contributed by atoms with Crippen molar-refractivity contribution in [2.24, 2.45) is 0 Å². The minimum Gasteiger partial charge on any atom is -0.486 e. The number of hydrogen-bond acceptors (Lipinski definition) is 7. The monoisotopic (exact) mass is 525 g/mol. The van der Waals surface area contributed by atoms with Crippen molar-refractivity contribution in [2.45, 2.75) is 20.0 Å². The van der Waals surface area contributed by atoms with Crippen LogP contribution >= 0.6 is 11.6 Å². The predicted octanol–water partition coefficient (Wildman–Crippen LogP) is 6.02. The predicted molar refractivity (Wildman–Crippen MR) is 151 cm³/mol. The van der Waals surface area contributed by atoms with Crippen LogP contribution in [-0.2, 0) is 17.8 Å². The summed E-state index contributed by atoms with van der Waals surface area (Å²) in [7, 11) is 3.90. The number of aryl methyl sites for hydroxylation is 1. The number of ether oxygens (including phenoxy) is 1. The van der Waals surface area contributed by atoms with Crippen LogP contribution in [0.4, 0.5) is 11.4 Å². The molecular formula is C30H28ClN5O2. The van der Waals surface area contributed by atoms with Gasteiger partial charge in [-0.1, -0.05) is 23.7 Å². The van der Waals surface area contributed by atoms with Crippen LogP contribution < -0.4 is 10.1 Å². The van der Waals surface area contributed by atoms with Crippen LogP contribution in [-0.4, -0.2) is 41.3 Å². The Morgan fingerprint density at radius 1 is 1.18 bits per heavy atom. The zero-order chi connectivity index (χ0) is 27.1. The van der Waals surface area contributed by atoms with E-state index in [4.69, 9.17) is 16.3 Å². The molecular weight excluding hydrogens is 498 g/mol. The lowest BCUT2D eigenvalue weighted by Crippen LogP contribution is -2.11. The van der Waals surface area contributed by atoms with Crippen LogP contribution in [0.5, 0.6) is 5.75 Å². The number of hydrogen-bond donors (Lipinski definition) is 1. The van der Waals surface area contributed by atoms with Gasteiger partial charge in [-0.25, -0.2) is 0 Å². The Kier molecular flexibility index (Phi) is 8.70. The SMILES string of the molecule is Cc1cc2ncc(C#N)c(Nc3ccc(OCc4ccccn4)c(Cl)c3)c2cc1CC(=O)/C=C/CN(C)C. The topological polar surface area (TPSA) is 91.1 Å². The van der Waals surface area contributed by atoms with Crippen LogP contribution in [0.25, 0.3) is 10.9 Å². The van der Waals surface area contributed by atoms with Gasteiger partial charge in [0.05, 0.1) is 27.5 Å². The Balaban J connectivity index is 1.60. The van der Waals surface area contributed by atoms with Gasteiger partial charge in [-0.15, -0.1) is 0 Å². The van der Waals surface area contributed by atoms with Crippen LogP contribution in [0.15, 0.2) is 73.1 Å².